The average Bonchev–Trinajstić information content (AvgIpc) is 2.92. The van der Waals surface area contributed by atoms with Gasteiger partial charge < -0.3 is 5.73 Å². The third-order valence-electron chi connectivity index (χ3n) is 3.10. The predicted octanol–water partition coefficient (Wildman–Crippen LogP) is 2.67. The van der Waals surface area contributed by atoms with Crippen molar-refractivity contribution in [3.63, 3.8) is 0 Å². The molecule has 2 aromatic carbocycles. The van der Waals surface area contributed by atoms with Crippen LogP contribution in [0.4, 0.5) is 8.78 Å². The van der Waals surface area contributed by atoms with Gasteiger partial charge in [0.1, 0.15) is 11.6 Å². The second-order valence-electron chi connectivity index (χ2n) is 4.44. The molecule has 0 saturated heterocycles. The van der Waals surface area contributed by atoms with Gasteiger partial charge in [-0.25, -0.2) is 8.78 Å². The monoisotopic (exact) mass is 286 g/mol. The highest BCUT2D eigenvalue weighted by molar-refractivity contribution is 5.59. The Morgan fingerprint density at radius 1 is 1.00 bits per heavy atom. The Morgan fingerprint density at radius 3 is 2.43 bits per heavy atom. The minimum atomic E-state index is -0.692. The van der Waals surface area contributed by atoms with E-state index in [-0.39, 0.29) is 12.1 Å². The molecule has 4 nitrogen and oxygen atoms in total. The van der Waals surface area contributed by atoms with Gasteiger partial charge in [-0.05, 0) is 24.3 Å². The first-order valence-electron chi connectivity index (χ1n) is 6.36. The molecule has 0 radical (unpaired) electrons. The first-order valence-corrected chi connectivity index (χ1v) is 6.36. The topological polar surface area (TPSA) is 56.7 Å². The summed E-state index contributed by atoms with van der Waals surface area (Å²) in [6, 6.07) is 12.6. The van der Waals surface area contributed by atoms with Gasteiger partial charge in [-0.2, -0.15) is 0 Å². The Bertz CT molecular complexity index is 769. The summed E-state index contributed by atoms with van der Waals surface area (Å²) >= 11 is 0. The fourth-order valence-corrected chi connectivity index (χ4v) is 2.14. The minimum absolute atomic E-state index is 0.157. The van der Waals surface area contributed by atoms with E-state index in [0.29, 0.717) is 11.6 Å². The number of rotatable bonds is 3. The van der Waals surface area contributed by atoms with E-state index in [9.17, 15) is 8.78 Å². The zero-order chi connectivity index (χ0) is 14.8. The second kappa shape index (κ2) is 5.41. The van der Waals surface area contributed by atoms with Gasteiger partial charge in [-0.15, -0.1) is 10.2 Å². The molecule has 3 rings (SSSR count). The Kier molecular flexibility index (Phi) is 3.45. The van der Waals surface area contributed by atoms with Crippen molar-refractivity contribution in [2.24, 2.45) is 5.73 Å². The third kappa shape index (κ3) is 2.41. The SMILES string of the molecule is NCc1nnc(-c2ccc(F)cc2F)n1-c1ccccc1. The summed E-state index contributed by atoms with van der Waals surface area (Å²) in [6.07, 6.45) is 0. The Hall–Kier alpha value is -2.60. The van der Waals surface area contributed by atoms with Gasteiger partial charge in [0.25, 0.3) is 0 Å². The van der Waals surface area contributed by atoms with Crippen molar-refractivity contribution in [3.05, 3.63) is 66.0 Å². The summed E-state index contributed by atoms with van der Waals surface area (Å²) in [5.41, 5.74) is 6.60. The second-order valence-corrected chi connectivity index (χ2v) is 4.44. The van der Waals surface area contributed by atoms with Crippen LogP contribution in [-0.2, 0) is 6.54 Å². The van der Waals surface area contributed by atoms with Crippen molar-refractivity contribution in [1.29, 1.82) is 0 Å². The lowest BCUT2D eigenvalue weighted by molar-refractivity contribution is 0.584. The molecule has 3 aromatic rings. The van der Waals surface area contributed by atoms with Gasteiger partial charge in [0, 0.05) is 11.8 Å². The first-order chi connectivity index (χ1) is 10.2. The number of para-hydroxylation sites is 1. The van der Waals surface area contributed by atoms with Gasteiger partial charge >= 0.3 is 0 Å². The molecule has 0 aliphatic rings. The van der Waals surface area contributed by atoms with Crippen LogP contribution < -0.4 is 5.73 Å². The highest BCUT2D eigenvalue weighted by Crippen LogP contribution is 2.25. The summed E-state index contributed by atoms with van der Waals surface area (Å²) in [6.45, 7) is 0.157. The van der Waals surface area contributed by atoms with E-state index in [0.717, 1.165) is 11.8 Å². The van der Waals surface area contributed by atoms with E-state index < -0.39 is 11.6 Å². The molecule has 0 amide bonds. The van der Waals surface area contributed by atoms with Crippen molar-refractivity contribution >= 4 is 0 Å². The predicted molar refractivity (Wildman–Crippen MR) is 74.6 cm³/mol. The van der Waals surface area contributed by atoms with E-state index in [2.05, 4.69) is 10.2 Å². The zero-order valence-electron chi connectivity index (χ0n) is 11.0. The molecule has 0 aliphatic carbocycles. The zero-order valence-corrected chi connectivity index (χ0v) is 11.0. The lowest BCUT2D eigenvalue weighted by atomic mass is 10.2. The van der Waals surface area contributed by atoms with Crippen LogP contribution in [0.25, 0.3) is 17.1 Å². The van der Waals surface area contributed by atoms with E-state index in [4.69, 9.17) is 5.73 Å². The summed E-state index contributed by atoms with van der Waals surface area (Å²) in [5, 5.41) is 7.97. The van der Waals surface area contributed by atoms with E-state index in [1.807, 2.05) is 30.3 Å². The molecule has 0 fully saturated rings. The number of aromatic nitrogens is 3. The van der Waals surface area contributed by atoms with Crippen LogP contribution >= 0.6 is 0 Å². The highest BCUT2D eigenvalue weighted by Gasteiger charge is 2.17. The van der Waals surface area contributed by atoms with E-state index >= 15 is 0 Å². The summed E-state index contributed by atoms with van der Waals surface area (Å²) in [5.74, 6) is -0.539. The van der Waals surface area contributed by atoms with Crippen LogP contribution in [0.3, 0.4) is 0 Å². The molecule has 1 heterocycles. The quantitative estimate of drug-likeness (QED) is 0.805. The van der Waals surface area contributed by atoms with Crippen molar-refractivity contribution in [2.75, 3.05) is 0 Å². The Labute approximate surface area is 119 Å². The number of nitrogens with two attached hydrogens (primary N) is 1. The molecule has 6 heteroatoms. The van der Waals surface area contributed by atoms with Gasteiger partial charge in [-0.3, -0.25) is 4.57 Å². The number of nitrogens with zero attached hydrogens (tertiary/aromatic N) is 3. The van der Waals surface area contributed by atoms with Crippen LogP contribution in [0.15, 0.2) is 48.5 Å². The molecule has 2 N–H and O–H groups in total. The number of hydrogen-bond donors (Lipinski definition) is 1. The number of benzene rings is 2. The molecule has 0 unspecified atom stereocenters. The van der Waals surface area contributed by atoms with Crippen molar-refractivity contribution in [3.8, 4) is 17.1 Å². The standard InChI is InChI=1S/C15H12F2N4/c16-10-6-7-12(13(17)8-10)15-20-19-14(9-18)21(15)11-4-2-1-3-5-11/h1-8H,9,18H2. The number of hydrogen-bond acceptors (Lipinski definition) is 3. The van der Waals surface area contributed by atoms with Gasteiger partial charge in [0.05, 0.1) is 12.1 Å². The molecule has 1 aromatic heterocycles. The molecule has 0 spiro atoms. The fourth-order valence-electron chi connectivity index (χ4n) is 2.14. The normalized spacial score (nSPS) is 10.8. The van der Waals surface area contributed by atoms with Crippen LogP contribution in [0.1, 0.15) is 5.82 Å². The molecule has 0 saturated carbocycles. The van der Waals surface area contributed by atoms with Crippen molar-refractivity contribution in [2.45, 2.75) is 6.54 Å². The van der Waals surface area contributed by atoms with Crippen LogP contribution in [0.2, 0.25) is 0 Å². The number of halogens is 2. The lowest BCUT2D eigenvalue weighted by Crippen LogP contribution is -2.08. The molecular weight excluding hydrogens is 274 g/mol. The van der Waals surface area contributed by atoms with Gasteiger partial charge in [0.2, 0.25) is 0 Å². The molecule has 0 aliphatic heterocycles. The van der Waals surface area contributed by atoms with Gasteiger partial charge in [-0.1, -0.05) is 18.2 Å². The summed E-state index contributed by atoms with van der Waals surface area (Å²) in [4.78, 5) is 0. The third-order valence-corrected chi connectivity index (χ3v) is 3.10. The lowest BCUT2D eigenvalue weighted by Gasteiger charge is -2.10. The van der Waals surface area contributed by atoms with Crippen molar-refractivity contribution in [1.82, 2.24) is 14.8 Å². The van der Waals surface area contributed by atoms with Gasteiger partial charge in [0.15, 0.2) is 11.6 Å². The van der Waals surface area contributed by atoms with Crippen LogP contribution in [-0.4, -0.2) is 14.8 Å². The minimum Gasteiger partial charge on any atom is -0.324 e. The first kappa shape index (κ1) is 13.4. The average molecular weight is 286 g/mol. The molecule has 0 atom stereocenters. The maximum atomic E-state index is 14.0. The largest absolute Gasteiger partial charge is 0.324 e. The van der Waals surface area contributed by atoms with E-state index in [1.54, 1.807) is 4.57 Å². The molecule has 0 bridgehead atoms. The Balaban J connectivity index is 2.22. The molecular formula is C15H12F2N4. The van der Waals surface area contributed by atoms with Crippen LogP contribution in [0, 0.1) is 11.6 Å². The fraction of sp³-hybridized carbons (Fsp3) is 0.0667. The molecule has 106 valence electrons. The van der Waals surface area contributed by atoms with Crippen LogP contribution in [0.5, 0.6) is 0 Å². The smallest absolute Gasteiger partial charge is 0.171 e. The summed E-state index contributed by atoms with van der Waals surface area (Å²) in [7, 11) is 0. The van der Waals surface area contributed by atoms with Crippen molar-refractivity contribution < 1.29 is 8.78 Å². The highest BCUT2D eigenvalue weighted by atomic mass is 19.1. The molecule has 21 heavy (non-hydrogen) atoms. The Morgan fingerprint density at radius 2 is 1.76 bits per heavy atom. The maximum absolute atomic E-state index is 14.0. The van der Waals surface area contributed by atoms with E-state index in [1.165, 1.54) is 12.1 Å². The maximum Gasteiger partial charge on any atom is 0.171 e. The summed E-state index contributed by atoms with van der Waals surface area (Å²) < 4.78 is 28.7.